The lowest BCUT2D eigenvalue weighted by molar-refractivity contribution is 0.580. The van der Waals surface area contributed by atoms with Gasteiger partial charge in [0.05, 0.1) is 15.5 Å². The van der Waals surface area contributed by atoms with E-state index in [9.17, 15) is 8.42 Å². The van der Waals surface area contributed by atoms with Gasteiger partial charge in [-0.2, -0.15) is 0 Å². The van der Waals surface area contributed by atoms with Gasteiger partial charge in [-0.15, -0.1) is 11.6 Å². The van der Waals surface area contributed by atoms with Crippen molar-refractivity contribution in [1.29, 1.82) is 0 Å². The van der Waals surface area contributed by atoms with Crippen LogP contribution in [0.5, 0.6) is 0 Å². The Bertz CT molecular complexity index is 467. The molecule has 0 spiro atoms. The summed E-state index contributed by atoms with van der Waals surface area (Å²) in [6, 6.07) is 6.26. The van der Waals surface area contributed by atoms with E-state index < -0.39 is 15.1 Å². The van der Waals surface area contributed by atoms with Crippen LogP contribution >= 0.6 is 23.2 Å². The Kier molecular flexibility index (Phi) is 3.48. The predicted octanol–water partition coefficient (Wildman–Crippen LogP) is 3.27. The van der Waals surface area contributed by atoms with Crippen LogP contribution in [-0.2, 0) is 9.84 Å². The second-order valence-electron chi connectivity index (χ2n) is 3.98. The first-order valence-corrected chi connectivity index (χ1v) is 7.51. The lowest BCUT2D eigenvalue weighted by Crippen LogP contribution is -2.25. The fourth-order valence-corrected chi connectivity index (χ4v) is 4.71. The number of hydrogen-bond donors (Lipinski definition) is 0. The largest absolute Gasteiger partial charge is 0.223 e. The van der Waals surface area contributed by atoms with Gasteiger partial charge in [-0.25, -0.2) is 8.42 Å². The third-order valence-corrected chi connectivity index (χ3v) is 6.13. The van der Waals surface area contributed by atoms with Crippen molar-refractivity contribution in [3.05, 3.63) is 29.3 Å². The SMILES string of the molecule is O=S(=O)(c1ccc(Cl)cc1)C1CCCC1Cl. The standard InChI is InChI=1S/C11H12Cl2O2S/c12-8-4-6-9(7-5-8)16(14,15)11-3-1-2-10(11)13/h4-7,10-11H,1-3H2. The summed E-state index contributed by atoms with van der Waals surface area (Å²) in [5, 5.41) is -0.177. The first-order chi connectivity index (χ1) is 7.51. The summed E-state index contributed by atoms with van der Waals surface area (Å²) >= 11 is 11.8. The average molecular weight is 279 g/mol. The Morgan fingerprint density at radius 1 is 1.12 bits per heavy atom. The molecule has 88 valence electrons. The van der Waals surface area contributed by atoms with E-state index in [4.69, 9.17) is 23.2 Å². The molecule has 0 N–H and O–H groups in total. The van der Waals surface area contributed by atoms with Crippen LogP contribution in [0.25, 0.3) is 0 Å². The molecule has 2 nitrogen and oxygen atoms in total. The van der Waals surface area contributed by atoms with Crippen LogP contribution in [0, 0.1) is 0 Å². The molecule has 16 heavy (non-hydrogen) atoms. The molecular formula is C11H12Cl2O2S. The van der Waals surface area contributed by atoms with E-state index in [0.29, 0.717) is 16.3 Å². The number of alkyl halides is 1. The quantitative estimate of drug-likeness (QED) is 0.778. The summed E-state index contributed by atoms with van der Waals surface area (Å²) in [7, 11) is -3.30. The number of sulfone groups is 1. The minimum Gasteiger partial charge on any atom is -0.223 e. The Balaban J connectivity index is 2.35. The molecule has 0 saturated heterocycles. The van der Waals surface area contributed by atoms with Gasteiger partial charge in [0, 0.05) is 5.02 Å². The molecule has 0 heterocycles. The molecule has 2 atom stereocenters. The third-order valence-electron chi connectivity index (χ3n) is 2.91. The molecule has 1 aromatic rings. The molecule has 1 aromatic carbocycles. The molecule has 0 amide bonds. The van der Waals surface area contributed by atoms with Gasteiger partial charge in [-0.05, 0) is 37.1 Å². The smallest absolute Gasteiger partial charge is 0.182 e. The van der Waals surface area contributed by atoms with Gasteiger partial charge in [0.1, 0.15) is 0 Å². The molecule has 0 radical (unpaired) electrons. The normalized spacial score (nSPS) is 25.9. The maximum Gasteiger partial charge on any atom is 0.182 e. The van der Waals surface area contributed by atoms with Crippen LogP contribution < -0.4 is 0 Å². The highest BCUT2D eigenvalue weighted by Crippen LogP contribution is 2.33. The highest BCUT2D eigenvalue weighted by molar-refractivity contribution is 7.92. The molecule has 0 aromatic heterocycles. The lowest BCUT2D eigenvalue weighted by Gasteiger charge is -2.14. The summed E-state index contributed by atoms with van der Waals surface area (Å²) in [5.41, 5.74) is 0. The summed E-state index contributed by atoms with van der Waals surface area (Å²) in [6.45, 7) is 0. The van der Waals surface area contributed by atoms with Crippen molar-refractivity contribution in [1.82, 2.24) is 0 Å². The van der Waals surface area contributed by atoms with Crippen molar-refractivity contribution in [2.75, 3.05) is 0 Å². The minimum atomic E-state index is -3.30. The molecule has 2 rings (SSSR count). The monoisotopic (exact) mass is 278 g/mol. The zero-order valence-corrected chi connectivity index (χ0v) is 10.9. The van der Waals surface area contributed by atoms with Gasteiger partial charge in [0.2, 0.25) is 0 Å². The molecule has 1 fully saturated rings. The van der Waals surface area contributed by atoms with Gasteiger partial charge >= 0.3 is 0 Å². The fourth-order valence-electron chi connectivity index (χ4n) is 2.03. The number of benzene rings is 1. The topological polar surface area (TPSA) is 34.1 Å². The van der Waals surface area contributed by atoms with Crippen LogP contribution in [0.1, 0.15) is 19.3 Å². The van der Waals surface area contributed by atoms with Crippen molar-refractivity contribution in [3.8, 4) is 0 Å². The van der Waals surface area contributed by atoms with Gasteiger partial charge in [-0.1, -0.05) is 18.0 Å². The zero-order valence-electron chi connectivity index (χ0n) is 8.57. The second kappa shape index (κ2) is 4.55. The summed E-state index contributed by atoms with van der Waals surface area (Å²) in [5.74, 6) is 0. The number of hydrogen-bond acceptors (Lipinski definition) is 2. The van der Waals surface area contributed by atoms with E-state index in [-0.39, 0.29) is 5.38 Å². The molecule has 1 aliphatic carbocycles. The summed E-state index contributed by atoms with van der Waals surface area (Å²) < 4.78 is 24.5. The molecule has 0 aliphatic heterocycles. The third kappa shape index (κ3) is 2.22. The Morgan fingerprint density at radius 3 is 2.25 bits per heavy atom. The zero-order chi connectivity index (χ0) is 11.8. The molecule has 1 aliphatic rings. The van der Waals surface area contributed by atoms with Gasteiger partial charge in [0.25, 0.3) is 0 Å². The van der Waals surface area contributed by atoms with Crippen LogP contribution in [0.2, 0.25) is 5.02 Å². The van der Waals surface area contributed by atoms with E-state index in [1.54, 1.807) is 24.3 Å². The maximum atomic E-state index is 12.2. The van der Waals surface area contributed by atoms with Crippen molar-refractivity contribution < 1.29 is 8.42 Å². The Labute approximate surface area is 105 Å². The van der Waals surface area contributed by atoms with Crippen LogP contribution in [0.4, 0.5) is 0 Å². The first-order valence-electron chi connectivity index (χ1n) is 5.15. The van der Waals surface area contributed by atoms with Gasteiger partial charge in [0.15, 0.2) is 9.84 Å². The van der Waals surface area contributed by atoms with Crippen molar-refractivity contribution in [3.63, 3.8) is 0 Å². The van der Waals surface area contributed by atoms with E-state index in [0.717, 1.165) is 12.8 Å². The highest BCUT2D eigenvalue weighted by atomic mass is 35.5. The summed E-state index contributed by atoms with van der Waals surface area (Å²) in [6.07, 6.45) is 2.31. The summed E-state index contributed by atoms with van der Waals surface area (Å²) in [4.78, 5) is 0.314. The predicted molar refractivity (Wildman–Crippen MR) is 65.9 cm³/mol. The molecule has 1 saturated carbocycles. The average Bonchev–Trinajstić information content (AvgIpc) is 2.66. The highest BCUT2D eigenvalue weighted by Gasteiger charge is 2.37. The fraction of sp³-hybridized carbons (Fsp3) is 0.455. The van der Waals surface area contributed by atoms with E-state index in [1.807, 2.05) is 0 Å². The number of rotatable bonds is 2. The van der Waals surface area contributed by atoms with Crippen molar-refractivity contribution >= 4 is 33.0 Å². The van der Waals surface area contributed by atoms with Crippen molar-refractivity contribution in [2.45, 2.75) is 34.8 Å². The van der Waals surface area contributed by atoms with E-state index >= 15 is 0 Å². The molecular weight excluding hydrogens is 267 g/mol. The Morgan fingerprint density at radius 2 is 1.75 bits per heavy atom. The van der Waals surface area contributed by atoms with Crippen molar-refractivity contribution in [2.24, 2.45) is 0 Å². The van der Waals surface area contributed by atoms with Crippen LogP contribution in [0.15, 0.2) is 29.2 Å². The first kappa shape index (κ1) is 12.2. The lowest BCUT2D eigenvalue weighted by atomic mass is 10.4. The van der Waals surface area contributed by atoms with Gasteiger partial charge < -0.3 is 0 Å². The van der Waals surface area contributed by atoms with E-state index in [2.05, 4.69) is 0 Å². The second-order valence-corrected chi connectivity index (χ2v) is 7.15. The van der Waals surface area contributed by atoms with Crippen LogP contribution in [0.3, 0.4) is 0 Å². The minimum absolute atomic E-state index is 0.263. The molecule has 2 unspecified atom stereocenters. The Hall–Kier alpha value is -0.250. The maximum absolute atomic E-state index is 12.2. The van der Waals surface area contributed by atoms with Gasteiger partial charge in [-0.3, -0.25) is 0 Å². The van der Waals surface area contributed by atoms with Crippen LogP contribution in [-0.4, -0.2) is 19.0 Å². The number of halogens is 2. The van der Waals surface area contributed by atoms with E-state index in [1.165, 1.54) is 0 Å². The molecule has 5 heteroatoms. The molecule has 0 bridgehead atoms.